The van der Waals surface area contributed by atoms with Gasteiger partial charge in [0.2, 0.25) is 0 Å². The molecule has 0 aliphatic rings. The van der Waals surface area contributed by atoms with Gasteiger partial charge < -0.3 is 5.32 Å². The molecule has 2 aromatic rings. The molecule has 0 radical (unpaired) electrons. The van der Waals surface area contributed by atoms with E-state index in [1.165, 1.54) is 29.7 Å². The van der Waals surface area contributed by atoms with Crippen molar-refractivity contribution in [3.05, 3.63) is 50.1 Å². The van der Waals surface area contributed by atoms with Gasteiger partial charge >= 0.3 is 0 Å². The van der Waals surface area contributed by atoms with E-state index in [2.05, 4.69) is 43.4 Å². The standard InChI is InChI=1S/C16H19Cl2NS/c1-3-4-5-12-6-8-13(9-7-12)19-11(2)14-10-15(17)20-16(14)18/h6-11,19H,3-5H2,1-2H3. The molecular weight excluding hydrogens is 309 g/mol. The Hall–Kier alpha value is -0.700. The first-order valence-corrected chi connectivity index (χ1v) is 8.47. The van der Waals surface area contributed by atoms with Crippen LogP contribution in [0.25, 0.3) is 0 Å². The maximum atomic E-state index is 6.18. The normalized spacial score (nSPS) is 12.4. The average Bonchev–Trinajstić information content (AvgIpc) is 2.77. The number of benzene rings is 1. The fourth-order valence-corrected chi connectivity index (χ4v) is 3.77. The predicted octanol–water partition coefficient (Wildman–Crippen LogP) is 6.57. The highest BCUT2D eigenvalue weighted by Crippen LogP contribution is 2.36. The Morgan fingerprint density at radius 1 is 1.20 bits per heavy atom. The molecule has 1 N–H and O–H groups in total. The molecule has 1 aromatic carbocycles. The molecule has 1 atom stereocenters. The van der Waals surface area contributed by atoms with E-state index in [1.54, 1.807) is 0 Å². The number of rotatable bonds is 6. The lowest BCUT2D eigenvalue weighted by atomic mass is 10.1. The molecule has 0 amide bonds. The third kappa shape index (κ3) is 4.15. The van der Waals surface area contributed by atoms with Gasteiger partial charge in [-0.25, -0.2) is 0 Å². The van der Waals surface area contributed by atoms with Crippen molar-refractivity contribution in [1.82, 2.24) is 0 Å². The Bertz CT molecular complexity index is 548. The van der Waals surface area contributed by atoms with Crippen LogP contribution >= 0.6 is 34.5 Å². The molecule has 1 heterocycles. The number of hydrogen-bond acceptors (Lipinski definition) is 2. The molecule has 0 bridgehead atoms. The van der Waals surface area contributed by atoms with Crippen LogP contribution in [0, 0.1) is 0 Å². The number of unbranched alkanes of at least 4 members (excludes halogenated alkanes) is 1. The maximum absolute atomic E-state index is 6.18. The van der Waals surface area contributed by atoms with Gasteiger partial charge in [-0.3, -0.25) is 0 Å². The quantitative estimate of drug-likeness (QED) is 0.632. The molecule has 0 spiro atoms. The van der Waals surface area contributed by atoms with Gasteiger partial charge in [0.05, 0.1) is 14.7 Å². The summed E-state index contributed by atoms with van der Waals surface area (Å²) >= 11 is 13.6. The number of halogens is 2. The molecule has 0 fully saturated rings. The topological polar surface area (TPSA) is 12.0 Å². The highest BCUT2D eigenvalue weighted by Gasteiger charge is 2.13. The van der Waals surface area contributed by atoms with Crippen LogP contribution < -0.4 is 5.32 Å². The van der Waals surface area contributed by atoms with E-state index in [9.17, 15) is 0 Å². The van der Waals surface area contributed by atoms with Crippen LogP contribution in [0.4, 0.5) is 5.69 Å². The first kappa shape index (κ1) is 15.7. The SMILES string of the molecule is CCCCc1ccc(NC(C)c2cc(Cl)sc2Cl)cc1. The molecule has 20 heavy (non-hydrogen) atoms. The molecule has 1 aromatic heterocycles. The first-order chi connectivity index (χ1) is 9.60. The Kier molecular flexibility index (Phi) is 5.76. The lowest BCUT2D eigenvalue weighted by Gasteiger charge is -2.15. The Morgan fingerprint density at radius 2 is 1.90 bits per heavy atom. The number of anilines is 1. The molecule has 0 aliphatic carbocycles. The van der Waals surface area contributed by atoms with Crippen LogP contribution in [0.5, 0.6) is 0 Å². The Morgan fingerprint density at radius 3 is 2.45 bits per heavy atom. The van der Waals surface area contributed by atoms with E-state index in [0.29, 0.717) is 0 Å². The molecule has 0 saturated carbocycles. The van der Waals surface area contributed by atoms with Crippen molar-refractivity contribution in [3.8, 4) is 0 Å². The molecule has 0 saturated heterocycles. The summed E-state index contributed by atoms with van der Waals surface area (Å²) in [7, 11) is 0. The van der Waals surface area contributed by atoms with Gasteiger partial charge in [0.25, 0.3) is 0 Å². The molecule has 4 heteroatoms. The van der Waals surface area contributed by atoms with Gasteiger partial charge in [0.1, 0.15) is 0 Å². The number of thiophene rings is 1. The summed E-state index contributed by atoms with van der Waals surface area (Å²) < 4.78 is 1.49. The van der Waals surface area contributed by atoms with Crippen molar-refractivity contribution in [2.45, 2.75) is 39.2 Å². The van der Waals surface area contributed by atoms with Gasteiger partial charge in [-0.2, -0.15) is 0 Å². The van der Waals surface area contributed by atoms with Gasteiger partial charge in [-0.1, -0.05) is 48.7 Å². The van der Waals surface area contributed by atoms with Crippen molar-refractivity contribution < 1.29 is 0 Å². The number of hydrogen-bond donors (Lipinski definition) is 1. The molecule has 2 rings (SSSR count). The smallest absolute Gasteiger partial charge is 0.0996 e. The second-order valence-corrected chi connectivity index (χ2v) is 7.23. The minimum atomic E-state index is 0.146. The number of aryl methyl sites for hydroxylation is 1. The van der Waals surface area contributed by atoms with Gasteiger partial charge in [0.15, 0.2) is 0 Å². The highest BCUT2D eigenvalue weighted by molar-refractivity contribution is 7.20. The van der Waals surface area contributed by atoms with Gasteiger partial charge in [-0.05, 0) is 43.5 Å². The lowest BCUT2D eigenvalue weighted by molar-refractivity contribution is 0.795. The largest absolute Gasteiger partial charge is 0.378 e. The second kappa shape index (κ2) is 7.35. The predicted molar refractivity (Wildman–Crippen MR) is 91.4 cm³/mol. The van der Waals surface area contributed by atoms with Crippen LogP contribution in [0.3, 0.4) is 0 Å². The maximum Gasteiger partial charge on any atom is 0.0996 e. The first-order valence-electron chi connectivity index (χ1n) is 6.90. The van der Waals surface area contributed by atoms with Crippen LogP contribution in [0.2, 0.25) is 8.67 Å². The molecule has 108 valence electrons. The van der Waals surface area contributed by atoms with E-state index < -0.39 is 0 Å². The Labute approximate surface area is 134 Å². The number of nitrogens with one attached hydrogen (secondary N) is 1. The Balaban J connectivity index is 2.00. The fraction of sp³-hybridized carbons (Fsp3) is 0.375. The zero-order valence-corrected chi connectivity index (χ0v) is 14.1. The molecule has 0 aliphatic heterocycles. The monoisotopic (exact) mass is 327 g/mol. The third-order valence-electron chi connectivity index (χ3n) is 3.31. The van der Waals surface area contributed by atoms with E-state index in [-0.39, 0.29) is 6.04 Å². The van der Waals surface area contributed by atoms with E-state index >= 15 is 0 Å². The summed E-state index contributed by atoms with van der Waals surface area (Å²) in [4.78, 5) is 0. The highest BCUT2D eigenvalue weighted by atomic mass is 35.5. The van der Waals surface area contributed by atoms with Gasteiger partial charge in [0, 0.05) is 11.3 Å². The van der Waals surface area contributed by atoms with Crippen molar-refractivity contribution in [2.24, 2.45) is 0 Å². The summed E-state index contributed by atoms with van der Waals surface area (Å²) in [5.74, 6) is 0. The van der Waals surface area contributed by atoms with E-state index in [4.69, 9.17) is 23.2 Å². The average molecular weight is 328 g/mol. The second-order valence-electron chi connectivity index (χ2n) is 4.95. The zero-order valence-electron chi connectivity index (χ0n) is 11.7. The zero-order chi connectivity index (χ0) is 14.5. The molecule has 1 unspecified atom stereocenters. The lowest BCUT2D eigenvalue weighted by Crippen LogP contribution is -2.05. The third-order valence-corrected chi connectivity index (χ3v) is 4.82. The van der Waals surface area contributed by atoms with Crippen molar-refractivity contribution in [2.75, 3.05) is 5.32 Å². The summed E-state index contributed by atoms with van der Waals surface area (Å²) in [5.41, 5.74) is 3.55. The van der Waals surface area contributed by atoms with E-state index in [1.807, 2.05) is 6.07 Å². The summed E-state index contributed by atoms with van der Waals surface area (Å²) in [5, 5.41) is 3.46. The van der Waals surface area contributed by atoms with Crippen molar-refractivity contribution in [1.29, 1.82) is 0 Å². The minimum Gasteiger partial charge on any atom is -0.378 e. The summed E-state index contributed by atoms with van der Waals surface area (Å²) in [6.07, 6.45) is 3.62. The summed E-state index contributed by atoms with van der Waals surface area (Å²) in [6.45, 7) is 4.31. The molecule has 1 nitrogen and oxygen atoms in total. The van der Waals surface area contributed by atoms with Crippen LogP contribution in [-0.2, 0) is 6.42 Å². The molecular formula is C16H19Cl2NS. The van der Waals surface area contributed by atoms with Crippen molar-refractivity contribution in [3.63, 3.8) is 0 Å². The fourth-order valence-electron chi connectivity index (χ4n) is 2.12. The van der Waals surface area contributed by atoms with Gasteiger partial charge in [-0.15, -0.1) is 11.3 Å². The van der Waals surface area contributed by atoms with Crippen molar-refractivity contribution >= 4 is 40.2 Å². The minimum absolute atomic E-state index is 0.146. The summed E-state index contributed by atoms with van der Waals surface area (Å²) in [6, 6.07) is 10.7. The van der Waals surface area contributed by atoms with Crippen LogP contribution in [0.1, 0.15) is 43.9 Å². The van der Waals surface area contributed by atoms with E-state index in [0.717, 1.165) is 26.3 Å². The van der Waals surface area contributed by atoms with Crippen LogP contribution in [-0.4, -0.2) is 0 Å². The van der Waals surface area contributed by atoms with Crippen LogP contribution in [0.15, 0.2) is 30.3 Å².